The van der Waals surface area contributed by atoms with E-state index in [0.29, 0.717) is 5.41 Å². The van der Waals surface area contributed by atoms with Crippen LogP contribution in [0.25, 0.3) is 0 Å². The highest BCUT2D eigenvalue weighted by molar-refractivity contribution is 7.15. The molecular formula is C16H29N3S. The normalized spacial score (nSPS) is 17.9. The van der Waals surface area contributed by atoms with Crippen LogP contribution < -0.4 is 10.2 Å². The Kier molecular flexibility index (Phi) is 5.44. The minimum atomic E-state index is 0.442. The number of aryl methyl sites for hydroxylation is 1. The predicted molar refractivity (Wildman–Crippen MR) is 88.7 cm³/mol. The highest BCUT2D eigenvalue weighted by atomic mass is 32.1. The fourth-order valence-corrected chi connectivity index (χ4v) is 3.83. The number of nitrogens with zero attached hydrogens (tertiary/aromatic N) is 2. The maximum absolute atomic E-state index is 4.93. The molecule has 0 bridgehead atoms. The van der Waals surface area contributed by atoms with E-state index in [0.717, 1.165) is 32.6 Å². The van der Waals surface area contributed by atoms with Crippen molar-refractivity contribution in [2.75, 3.05) is 24.5 Å². The lowest BCUT2D eigenvalue weighted by Crippen LogP contribution is -2.22. The van der Waals surface area contributed by atoms with Gasteiger partial charge >= 0.3 is 0 Å². The van der Waals surface area contributed by atoms with Crippen LogP contribution >= 0.6 is 11.3 Å². The molecule has 1 aliphatic rings. The van der Waals surface area contributed by atoms with E-state index in [-0.39, 0.29) is 0 Å². The summed E-state index contributed by atoms with van der Waals surface area (Å²) >= 11 is 1.90. The zero-order valence-electron chi connectivity index (χ0n) is 13.5. The zero-order valence-corrected chi connectivity index (χ0v) is 14.3. The Balaban J connectivity index is 2.08. The van der Waals surface area contributed by atoms with E-state index in [1.807, 2.05) is 11.3 Å². The zero-order chi connectivity index (χ0) is 14.6. The first-order valence-electron chi connectivity index (χ1n) is 8.00. The van der Waals surface area contributed by atoms with E-state index in [1.165, 1.54) is 35.0 Å². The Morgan fingerprint density at radius 3 is 2.70 bits per heavy atom. The van der Waals surface area contributed by atoms with E-state index in [1.54, 1.807) is 0 Å². The lowest BCUT2D eigenvalue weighted by Gasteiger charge is -2.18. The molecule has 3 nitrogen and oxygen atoms in total. The Hall–Kier alpha value is -0.610. The summed E-state index contributed by atoms with van der Waals surface area (Å²) < 4.78 is 0. The van der Waals surface area contributed by atoms with Gasteiger partial charge in [0.1, 0.15) is 0 Å². The van der Waals surface area contributed by atoms with Gasteiger partial charge in [-0.05, 0) is 31.2 Å². The highest BCUT2D eigenvalue weighted by Gasteiger charge is 2.31. The van der Waals surface area contributed by atoms with Crippen LogP contribution in [0.5, 0.6) is 0 Å². The summed E-state index contributed by atoms with van der Waals surface area (Å²) in [5.74, 6) is 0. The summed E-state index contributed by atoms with van der Waals surface area (Å²) in [6.07, 6.45) is 4.75. The molecule has 2 heterocycles. The van der Waals surface area contributed by atoms with Crippen molar-refractivity contribution in [3.05, 3.63) is 10.6 Å². The molecular weight excluding hydrogens is 266 g/mol. The van der Waals surface area contributed by atoms with E-state index in [4.69, 9.17) is 4.98 Å². The summed E-state index contributed by atoms with van der Waals surface area (Å²) in [6.45, 7) is 13.6. The van der Waals surface area contributed by atoms with Crippen LogP contribution in [0, 0.1) is 5.41 Å². The molecule has 1 aliphatic heterocycles. The van der Waals surface area contributed by atoms with Gasteiger partial charge in [-0.2, -0.15) is 0 Å². The number of rotatable bonds is 7. The highest BCUT2D eigenvalue weighted by Crippen LogP contribution is 2.35. The summed E-state index contributed by atoms with van der Waals surface area (Å²) in [5.41, 5.74) is 1.76. The molecule has 0 saturated carbocycles. The second-order valence-corrected chi connectivity index (χ2v) is 7.69. The maximum atomic E-state index is 4.93. The van der Waals surface area contributed by atoms with Crippen LogP contribution in [0.3, 0.4) is 0 Å². The fourth-order valence-electron chi connectivity index (χ4n) is 2.73. The summed E-state index contributed by atoms with van der Waals surface area (Å²) in [7, 11) is 0. The molecule has 1 saturated heterocycles. The van der Waals surface area contributed by atoms with E-state index in [9.17, 15) is 0 Å². The van der Waals surface area contributed by atoms with Crippen molar-refractivity contribution in [1.29, 1.82) is 0 Å². The van der Waals surface area contributed by atoms with Crippen LogP contribution in [0.1, 0.15) is 57.5 Å². The van der Waals surface area contributed by atoms with Crippen molar-refractivity contribution in [2.24, 2.45) is 5.41 Å². The van der Waals surface area contributed by atoms with Gasteiger partial charge in [-0.1, -0.05) is 34.1 Å². The second-order valence-electron chi connectivity index (χ2n) is 6.63. The number of hydrogen-bond donors (Lipinski definition) is 1. The third-order valence-corrected chi connectivity index (χ3v) is 5.07. The van der Waals surface area contributed by atoms with Gasteiger partial charge in [0, 0.05) is 24.5 Å². The largest absolute Gasteiger partial charge is 0.348 e. The summed E-state index contributed by atoms with van der Waals surface area (Å²) in [5, 5.41) is 4.77. The second kappa shape index (κ2) is 6.90. The summed E-state index contributed by atoms with van der Waals surface area (Å²) in [6, 6.07) is 0. The minimum Gasteiger partial charge on any atom is -0.348 e. The molecule has 4 heteroatoms. The van der Waals surface area contributed by atoms with Crippen LogP contribution in [-0.4, -0.2) is 24.6 Å². The lowest BCUT2D eigenvalue weighted by atomic mass is 9.93. The molecule has 1 aromatic rings. The molecule has 1 fully saturated rings. The SMILES string of the molecule is CCCNCc1sc(N2CCC(C)(C)C2)nc1CCC. The first kappa shape index (κ1) is 15.8. The van der Waals surface area contributed by atoms with Crippen molar-refractivity contribution in [3.8, 4) is 0 Å². The molecule has 1 N–H and O–H groups in total. The van der Waals surface area contributed by atoms with Gasteiger partial charge in [-0.15, -0.1) is 11.3 Å². The molecule has 114 valence electrons. The molecule has 0 unspecified atom stereocenters. The van der Waals surface area contributed by atoms with Crippen molar-refractivity contribution < 1.29 is 0 Å². The van der Waals surface area contributed by atoms with Gasteiger partial charge in [0.15, 0.2) is 5.13 Å². The van der Waals surface area contributed by atoms with Gasteiger partial charge in [0.2, 0.25) is 0 Å². The van der Waals surface area contributed by atoms with Crippen LogP contribution in [0.15, 0.2) is 0 Å². The Bertz CT molecular complexity index is 425. The van der Waals surface area contributed by atoms with Crippen LogP contribution in [-0.2, 0) is 13.0 Å². The van der Waals surface area contributed by atoms with Gasteiger partial charge in [0.05, 0.1) is 5.69 Å². The number of aromatic nitrogens is 1. The Morgan fingerprint density at radius 1 is 1.30 bits per heavy atom. The van der Waals surface area contributed by atoms with Gasteiger partial charge < -0.3 is 10.2 Å². The standard InChI is InChI=1S/C16H29N3S/c1-5-7-13-14(11-17-9-6-2)20-15(18-13)19-10-8-16(3,4)12-19/h17H,5-12H2,1-4H3. The van der Waals surface area contributed by atoms with Crippen LogP contribution in [0.4, 0.5) is 5.13 Å². The molecule has 0 spiro atoms. The first-order valence-corrected chi connectivity index (χ1v) is 8.81. The number of anilines is 1. The van der Waals surface area contributed by atoms with Gasteiger partial charge in [-0.3, -0.25) is 0 Å². The molecule has 20 heavy (non-hydrogen) atoms. The molecule has 0 aliphatic carbocycles. The Morgan fingerprint density at radius 2 is 2.10 bits per heavy atom. The third kappa shape index (κ3) is 3.95. The fraction of sp³-hybridized carbons (Fsp3) is 0.812. The minimum absolute atomic E-state index is 0.442. The average molecular weight is 295 g/mol. The molecule has 2 rings (SSSR count). The molecule has 1 aromatic heterocycles. The molecule has 0 atom stereocenters. The molecule has 0 radical (unpaired) electrons. The quantitative estimate of drug-likeness (QED) is 0.775. The lowest BCUT2D eigenvalue weighted by molar-refractivity contribution is 0.418. The van der Waals surface area contributed by atoms with Crippen molar-refractivity contribution in [2.45, 2.75) is 59.9 Å². The average Bonchev–Trinajstić information content (AvgIpc) is 2.94. The Labute approximate surface area is 127 Å². The predicted octanol–water partition coefficient (Wildman–Crippen LogP) is 3.83. The molecule has 0 amide bonds. The van der Waals surface area contributed by atoms with Crippen molar-refractivity contribution >= 4 is 16.5 Å². The van der Waals surface area contributed by atoms with Crippen molar-refractivity contribution in [1.82, 2.24) is 10.3 Å². The monoisotopic (exact) mass is 295 g/mol. The number of nitrogens with one attached hydrogen (secondary N) is 1. The van der Waals surface area contributed by atoms with Gasteiger partial charge in [-0.25, -0.2) is 4.98 Å². The smallest absolute Gasteiger partial charge is 0.185 e. The third-order valence-electron chi connectivity index (χ3n) is 3.91. The van der Waals surface area contributed by atoms with Crippen molar-refractivity contribution in [3.63, 3.8) is 0 Å². The van der Waals surface area contributed by atoms with E-state index >= 15 is 0 Å². The van der Waals surface area contributed by atoms with E-state index < -0.39 is 0 Å². The first-order chi connectivity index (χ1) is 9.55. The molecule has 0 aromatic carbocycles. The summed E-state index contributed by atoms with van der Waals surface area (Å²) in [4.78, 5) is 8.85. The maximum Gasteiger partial charge on any atom is 0.185 e. The topological polar surface area (TPSA) is 28.2 Å². The van der Waals surface area contributed by atoms with E-state index in [2.05, 4.69) is 37.9 Å². The number of hydrogen-bond acceptors (Lipinski definition) is 4. The van der Waals surface area contributed by atoms with Gasteiger partial charge in [0.25, 0.3) is 0 Å². The number of thiazole rings is 1. The van der Waals surface area contributed by atoms with Crippen LogP contribution in [0.2, 0.25) is 0 Å².